The number of carboxylic acid groups (broad SMARTS) is 1. The van der Waals surface area contributed by atoms with Gasteiger partial charge in [-0.15, -0.1) is 0 Å². The standard InChI is InChI=1S/C30H33N7O3/c38-28(39)5-3-1-2-4-13-37-27-19-22(6-7-23(27)20-32-37)26-21-36-14-12-31-30(36)29(34-26)33-24-8-10-25(11-9-24)35-15-17-40-18-16-35/h6-12,14,19-21H,1-5,13,15-18H2,(H,33,34)(H,38,39). The second kappa shape index (κ2) is 11.7. The zero-order valence-corrected chi connectivity index (χ0v) is 22.4. The number of ether oxygens (including phenoxy) is 1. The van der Waals surface area contributed by atoms with Crippen molar-refractivity contribution in [2.24, 2.45) is 0 Å². The summed E-state index contributed by atoms with van der Waals surface area (Å²) >= 11 is 0. The van der Waals surface area contributed by atoms with Gasteiger partial charge in [0.15, 0.2) is 11.5 Å². The van der Waals surface area contributed by atoms with Crippen molar-refractivity contribution in [2.45, 2.75) is 38.6 Å². The lowest BCUT2D eigenvalue weighted by atomic mass is 10.1. The number of unbranched alkanes of at least 4 members (excludes halogenated alkanes) is 3. The normalized spacial score (nSPS) is 13.8. The number of anilines is 3. The molecule has 0 bridgehead atoms. The maximum Gasteiger partial charge on any atom is 0.303 e. The predicted molar refractivity (Wildman–Crippen MR) is 155 cm³/mol. The van der Waals surface area contributed by atoms with Gasteiger partial charge in [-0.05, 0) is 43.2 Å². The summed E-state index contributed by atoms with van der Waals surface area (Å²) in [6.45, 7) is 4.12. The van der Waals surface area contributed by atoms with E-state index in [1.165, 1.54) is 5.69 Å². The van der Waals surface area contributed by atoms with E-state index in [4.69, 9.17) is 14.8 Å². The van der Waals surface area contributed by atoms with Crippen molar-refractivity contribution in [3.63, 3.8) is 0 Å². The topological polar surface area (TPSA) is 110 Å². The minimum atomic E-state index is -0.729. The van der Waals surface area contributed by atoms with Crippen molar-refractivity contribution in [2.75, 3.05) is 36.5 Å². The summed E-state index contributed by atoms with van der Waals surface area (Å²) in [5, 5.41) is 18.0. The second-order valence-corrected chi connectivity index (χ2v) is 10.1. The van der Waals surface area contributed by atoms with Crippen LogP contribution in [0.3, 0.4) is 0 Å². The van der Waals surface area contributed by atoms with Crippen LogP contribution in [0.25, 0.3) is 27.8 Å². The van der Waals surface area contributed by atoms with Crippen LogP contribution in [0.1, 0.15) is 32.1 Å². The summed E-state index contributed by atoms with van der Waals surface area (Å²) < 4.78 is 9.49. The van der Waals surface area contributed by atoms with Crippen LogP contribution >= 0.6 is 0 Å². The highest BCUT2D eigenvalue weighted by Gasteiger charge is 2.14. The van der Waals surface area contributed by atoms with Gasteiger partial charge >= 0.3 is 5.97 Å². The van der Waals surface area contributed by atoms with Crippen LogP contribution in [0, 0.1) is 0 Å². The zero-order valence-electron chi connectivity index (χ0n) is 22.4. The molecule has 1 aliphatic rings. The van der Waals surface area contributed by atoms with Crippen LogP contribution in [-0.2, 0) is 16.1 Å². The van der Waals surface area contributed by atoms with E-state index in [0.717, 1.165) is 92.0 Å². The highest BCUT2D eigenvalue weighted by molar-refractivity contribution is 5.84. The van der Waals surface area contributed by atoms with Crippen LogP contribution in [0.5, 0.6) is 0 Å². The molecule has 1 aliphatic heterocycles. The molecule has 1 saturated heterocycles. The minimum absolute atomic E-state index is 0.235. The number of fused-ring (bicyclic) bond motifs is 2. The predicted octanol–water partition coefficient (Wildman–Crippen LogP) is 5.36. The molecule has 0 amide bonds. The molecule has 1 fully saturated rings. The number of aryl methyl sites for hydroxylation is 1. The first-order chi connectivity index (χ1) is 19.6. The quantitative estimate of drug-likeness (QED) is 0.216. The van der Waals surface area contributed by atoms with Crippen molar-refractivity contribution >= 4 is 39.7 Å². The first-order valence-corrected chi connectivity index (χ1v) is 13.9. The Morgan fingerprint density at radius 1 is 1.02 bits per heavy atom. The van der Waals surface area contributed by atoms with Crippen molar-refractivity contribution in [1.82, 2.24) is 24.1 Å². The Kier molecular flexibility index (Phi) is 7.58. The molecule has 5 aromatic rings. The molecule has 6 rings (SSSR count). The summed E-state index contributed by atoms with van der Waals surface area (Å²) in [5.74, 6) is -0.0373. The molecule has 0 aliphatic carbocycles. The third kappa shape index (κ3) is 5.76. The van der Waals surface area contributed by atoms with Gasteiger partial charge in [0.25, 0.3) is 0 Å². The Morgan fingerprint density at radius 3 is 2.67 bits per heavy atom. The van der Waals surface area contributed by atoms with E-state index in [9.17, 15) is 4.79 Å². The maximum atomic E-state index is 10.7. The molecular weight excluding hydrogens is 506 g/mol. The molecule has 3 aromatic heterocycles. The fourth-order valence-corrected chi connectivity index (χ4v) is 5.17. The van der Waals surface area contributed by atoms with Gasteiger partial charge in [0, 0.05) is 67.0 Å². The fraction of sp³-hybridized carbons (Fsp3) is 0.333. The number of hydrogen-bond acceptors (Lipinski definition) is 7. The highest BCUT2D eigenvalue weighted by atomic mass is 16.5. The average Bonchev–Trinajstić information content (AvgIpc) is 3.62. The van der Waals surface area contributed by atoms with Crippen LogP contribution < -0.4 is 10.2 Å². The Bertz CT molecular complexity index is 1600. The zero-order chi connectivity index (χ0) is 27.3. The van der Waals surface area contributed by atoms with Crippen LogP contribution in [-0.4, -0.2) is 61.5 Å². The maximum absolute atomic E-state index is 10.7. The van der Waals surface area contributed by atoms with Gasteiger partial charge in [0.05, 0.1) is 30.6 Å². The number of carboxylic acids is 1. The number of morpholine rings is 1. The van der Waals surface area contributed by atoms with Crippen LogP contribution in [0.2, 0.25) is 0 Å². The lowest BCUT2D eigenvalue weighted by Crippen LogP contribution is -2.36. The first-order valence-electron chi connectivity index (χ1n) is 13.9. The molecule has 0 radical (unpaired) electrons. The number of aliphatic carboxylic acids is 1. The summed E-state index contributed by atoms with van der Waals surface area (Å²) in [6, 6.07) is 14.7. The molecule has 206 valence electrons. The monoisotopic (exact) mass is 539 g/mol. The third-order valence-corrected chi connectivity index (χ3v) is 7.33. The number of nitrogens with zero attached hydrogens (tertiary/aromatic N) is 6. The SMILES string of the molecule is O=C(O)CCCCCCn1ncc2ccc(-c3cn4ccnc4c(Nc4ccc(N5CCOCC5)cc4)n3)cc21. The number of imidazole rings is 1. The second-order valence-electron chi connectivity index (χ2n) is 10.1. The van der Waals surface area contributed by atoms with Gasteiger partial charge in [0.2, 0.25) is 0 Å². The molecule has 2 aromatic carbocycles. The number of hydrogen-bond donors (Lipinski definition) is 2. The van der Waals surface area contributed by atoms with E-state index >= 15 is 0 Å². The Labute approximate surface area is 232 Å². The summed E-state index contributed by atoms with van der Waals surface area (Å²) in [4.78, 5) is 22.6. The molecule has 10 nitrogen and oxygen atoms in total. The Morgan fingerprint density at radius 2 is 1.85 bits per heavy atom. The lowest BCUT2D eigenvalue weighted by molar-refractivity contribution is -0.137. The van der Waals surface area contributed by atoms with Gasteiger partial charge in [-0.1, -0.05) is 25.0 Å². The number of benzene rings is 2. The molecular formula is C30H33N7O3. The highest BCUT2D eigenvalue weighted by Crippen LogP contribution is 2.28. The van der Waals surface area contributed by atoms with Crippen LogP contribution in [0.4, 0.5) is 17.2 Å². The smallest absolute Gasteiger partial charge is 0.303 e. The van der Waals surface area contributed by atoms with Gasteiger partial charge in [-0.3, -0.25) is 9.48 Å². The van der Waals surface area contributed by atoms with E-state index in [1.54, 1.807) is 6.20 Å². The van der Waals surface area contributed by atoms with E-state index in [0.29, 0.717) is 5.82 Å². The van der Waals surface area contributed by atoms with Crippen molar-refractivity contribution < 1.29 is 14.6 Å². The lowest BCUT2D eigenvalue weighted by Gasteiger charge is -2.28. The van der Waals surface area contributed by atoms with Crippen molar-refractivity contribution in [1.29, 1.82) is 0 Å². The van der Waals surface area contributed by atoms with Gasteiger partial charge in [-0.25, -0.2) is 9.97 Å². The molecule has 0 saturated carbocycles. The van der Waals surface area contributed by atoms with Gasteiger partial charge in [0.1, 0.15) is 0 Å². The Balaban J connectivity index is 1.21. The molecule has 10 heteroatoms. The molecule has 2 N–H and O–H groups in total. The average molecular weight is 540 g/mol. The summed E-state index contributed by atoms with van der Waals surface area (Å²) in [7, 11) is 0. The largest absolute Gasteiger partial charge is 0.481 e. The number of nitrogens with one attached hydrogen (secondary N) is 1. The first kappa shape index (κ1) is 25.8. The Hall–Kier alpha value is -4.44. The number of aromatic nitrogens is 5. The van der Waals surface area contributed by atoms with Crippen molar-refractivity contribution in [3.05, 3.63) is 67.3 Å². The van der Waals surface area contributed by atoms with Gasteiger partial charge < -0.3 is 24.5 Å². The molecule has 40 heavy (non-hydrogen) atoms. The minimum Gasteiger partial charge on any atom is -0.481 e. The van der Waals surface area contributed by atoms with E-state index < -0.39 is 5.97 Å². The summed E-state index contributed by atoms with van der Waals surface area (Å²) in [5.41, 5.74) is 5.78. The van der Waals surface area contributed by atoms with E-state index in [-0.39, 0.29) is 6.42 Å². The number of rotatable bonds is 11. The molecule has 0 spiro atoms. The van der Waals surface area contributed by atoms with Crippen molar-refractivity contribution in [3.8, 4) is 11.3 Å². The van der Waals surface area contributed by atoms with Gasteiger partial charge in [-0.2, -0.15) is 5.10 Å². The molecule has 0 unspecified atom stereocenters. The number of carbonyl (C=O) groups is 1. The summed E-state index contributed by atoms with van der Waals surface area (Å²) in [6.07, 6.45) is 11.4. The molecule has 4 heterocycles. The van der Waals surface area contributed by atoms with E-state index in [1.807, 2.05) is 27.7 Å². The third-order valence-electron chi connectivity index (χ3n) is 7.33. The van der Waals surface area contributed by atoms with E-state index in [2.05, 4.69) is 62.8 Å². The van der Waals surface area contributed by atoms with Crippen LogP contribution in [0.15, 0.2) is 67.3 Å². The fourth-order valence-electron chi connectivity index (χ4n) is 5.17. The molecule has 0 atom stereocenters.